The second kappa shape index (κ2) is 7.87. The maximum Gasteiger partial charge on any atom is 0.236 e. The van der Waals surface area contributed by atoms with Crippen LogP contribution in [0.1, 0.15) is 19.8 Å². The summed E-state index contributed by atoms with van der Waals surface area (Å²) >= 11 is 0. The smallest absolute Gasteiger partial charge is 0.236 e. The molecule has 0 spiro atoms. The van der Waals surface area contributed by atoms with Crippen LogP contribution in [-0.4, -0.2) is 33.1 Å². The average molecular weight is 416 g/mol. The molecule has 6 nitrogen and oxygen atoms in total. The van der Waals surface area contributed by atoms with Gasteiger partial charge in [0, 0.05) is 18.7 Å². The van der Waals surface area contributed by atoms with Gasteiger partial charge in [0.2, 0.25) is 26.6 Å². The van der Waals surface area contributed by atoms with Crippen molar-refractivity contribution < 1.29 is 22.0 Å². The van der Waals surface area contributed by atoms with Crippen LogP contribution >= 0.6 is 0 Å². The number of hydrogen-bond acceptors (Lipinski definition) is 6. The van der Waals surface area contributed by atoms with Crippen LogP contribution in [0.4, 0.5) is 10.3 Å². The summed E-state index contributed by atoms with van der Waals surface area (Å²) in [4.78, 5) is 6.21. The second-order valence-corrected chi connectivity index (χ2v) is 8.60. The van der Waals surface area contributed by atoms with Crippen LogP contribution in [0.5, 0.6) is 5.75 Å². The normalized spacial score (nSPS) is 14.3. The van der Waals surface area contributed by atoms with Gasteiger partial charge in [0.1, 0.15) is 11.6 Å². The van der Waals surface area contributed by atoms with E-state index in [4.69, 9.17) is 9.15 Å². The van der Waals surface area contributed by atoms with Gasteiger partial charge in [0.05, 0.1) is 11.5 Å². The van der Waals surface area contributed by atoms with Gasteiger partial charge in [0.15, 0.2) is 0 Å². The molecule has 1 aromatic heterocycles. The van der Waals surface area contributed by atoms with E-state index in [0.29, 0.717) is 31.0 Å². The van der Waals surface area contributed by atoms with Crippen LogP contribution < -0.4 is 9.64 Å². The minimum absolute atomic E-state index is 0.0223. The maximum atomic E-state index is 13.3. The molecule has 1 fully saturated rings. The molecule has 0 N–H and O–H groups in total. The lowest BCUT2D eigenvalue weighted by atomic mass is 10.2. The maximum absolute atomic E-state index is 13.3. The zero-order valence-electron chi connectivity index (χ0n) is 16.0. The molecule has 29 heavy (non-hydrogen) atoms. The molecule has 152 valence electrons. The topological polar surface area (TPSA) is 72.6 Å². The Morgan fingerprint density at radius 1 is 1.07 bits per heavy atom. The highest BCUT2D eigenvalue weighted by Gasteiger charge is 2.32. The molecular formula is C21H21FN2O4S. The van der Waals surface area contributed by atoms with Crippen molar-refractivity contribution in [1.82, 2.24) is 4.98 Å². The van der Waals surface area contributed by atoms with E-state index < -0.39 is 15.7 Å². The molecule has 0 unspecified atom stereocenters. The SMILES string of the molecule is CCOc1ccc(-c2nc(S(=O)(=O)c3ccc(F)cc3)c(N3CCCC3)o2)cc1. The van der Waals surface area contributed by atoms with Crippen molar-refractivity contribution in [3.8, 4) is 17.2 Å². The van der Waals surface area contributed by atoms with Crippen LogP contribution in [0.2, 0.25) is 0 Å². The molecule has 2 heterocycles. The zero-order chi connectivity index (χ0) is 20.4. The molecule has 0 aliphatic carbocycles. The molecule has 3 aromatic rings. The number of sulfone groups is 1. The van der Waals surface area contributed by atoms with Crippen molar-refractivity contribution in [2.75, 3.05) is 24.6 Å². The van der Waals surface area contributed by atoms with Crippen LogP contribution in [0.25, 0.3) is 11.5 Å². The molecule has 0 atom stereocenters. The summed E-state index contributed by atoms with van der Waals surface area (Å²) in [6, 6.07) is 11.8. The fraction of sp³-hybridized carbons (Fsp3) is 0.286. The summed E-state index contributed by atoms with van der Waals surface area (Å²) in [5.41, 5.74) is 0.648. The predicted molar refractivity (Wildman–Crippen MR) is 106 cm³/mol. The zero-order valence-corrected chi connectivity index (χ0v) is 16.8. The summed E-state index contributed by atoms with van der Waals surface area (Å²) in [6.45, 7) is 3.85. The van der Waals surface area contributed by atoms with Crippen molar-refractivity contribution in [2.45, 2.75) is 29.7 Å². The Labute approximate surface area is 168 Å². The first-order valence-corrected chi connectivity index (χ1v) is 11.0. The number of hydrogen-bond donors (Lipinski definition) is 0. The summed E-state index contributed by atoms with van der Waals surface area (Å²) in [7, 11) is -3.97. The van der Waals surface area contributed by atoms with Gasteiger partial charge in [-0.1, -0.05) is 0 Å². The first-order chi connectivity index (χ1) is 14.0. The number of anilines is 1. The first kappa shape index (κ1) is 19.4. The number of benzene rings is 2. The highest BCUT2D eigenvalue weighted by atomic mass is 32.2. The van der Waals surface area contributed by atoms with Gasteiger partial charge in [-0.2, -0.15) is 4.98 Å². The van der Waals surface area contributed by atoms with E-state index in [2.05, 4.69) is 4.98 Å². The van der Waals surface area contributed by atoms with Crippen LogP contribution in [0.15, 0.2) is 62.9 Å². The highest BCUT2D eigenvalue weighted by molar-refractivity contribution is 7.91. The Kier molecular flexibility index (Phi) is 5.27. The number of aromatic nitrogens is 1. The van der Waals surface area contributed by atoms with Crippen molar-refractivity contribution in [3.63, 3.8) is 0 Å². The average Bonchev–Trinajstić information content (AvgIpc) is 3.39. The third kappa shape index (κ3) is 3.85. The molecule has 1 saturated heterocycles. The third-order valence-corrected chi connectivity index (χ3v) is 6.43. The van der Waals surface area contributed by atoms with Crippen LogP contribution in [0, 0.1) is 5.82 Å². The quantitative estimate of drug-likeness (QED) is 0.558. The Morgan fingerprint density at radius 3 is 2.34 bits per heavy atom. The van der Waals surface area contributed by atoms with E-state index >= 15 is 0 Å². The Bertz CT molecular complexity index is 1090. The first-order valence-electron chi connectivity index (χ1n) is 9.48. The van der Waals surface area contributed by atoms with Gasteiger partial charge in [-0.25, -0.2) is 12.8 Å². The molecule has 0 amide bonds. The number of halogens is 1. The van der Waals surface area contributed by atoms with Gasteiger partial charge < -0.3 is 14.1 Å². The van der Waals surface area contributed by atoms with E-state index in [9.17, 15) is 12.8 Å². The number of nitrogens with zero attached hydrogens (tertiary/aromatic N) is 2. The lowest BCUT2D eigenvalue weighted by Gasteiger charge is -2.14. The van der Waals surface area contributed by atoms with Gasteiger partial charge in [-0.3, -0.25) is 0 Å². The summed E-state index contributed by atoms with van der Waals surface area (Å²) in [6.07, 6.45) is 1.91. The van der Waals surface area contributed by atoms with Crippen molar-refractivity contribution in [1.29, 1.82) is 0 Å². The lowest BCUT2D eigenvalue weighted by molar-refractivity contribution is 0.340. The van der Waals surface area contributed by atoms with Crippen LogP contribution in [-0.2, 0) is 9.84 Å². The van der Waals surface area contributed by atoms with Crippen molar-refractivity contribution in [3.05, 3.63) is 54.3 Å². The third-order valence-electron chi connectivity index (χ3n) is 4.76. The Hall–Kier alpha value is -2.87. The van der Waals surface area contributed by atoms with Crippen molar-refractivity contribution in [2.24, 2.45) is 0 Å². The Morgan fingerprint density at radius 2 is 1.72 bits per heavy atom. The van der Waals surface area contributed by atoms with E-state index in [0.717, 1.165) is 25.0 Å². The lowest BCUT2D eigenvalue weighted by Crippen LogP contribution is -2.19. The van der Waals surface area contributed by atoms with E-state index in [1.54, 1.807) is 24.3 Å². The van der Waals surface area contributed by atoms with E-state index in [-0.39, 0.29) is 21.7 Å². The summed E-state index contributed by atoms with van der Waals surface area (Å²) in [5, 5.41) is -0.144. The minimum Gasteiger partial charge on any atom is -0.494 e. The number of rotatable bonds is 6. The molecule has 4 rings (SSSR count). The standard InChI is InChI=1S/C21H21FN2O4S/c1-2-27-17-9-5-15(6-10-17)19-23-20(21(28-19)24-13-3-4-14-24)29(25,26)18-11-7-16(22)8-12-18/h5-12H,2-4,13-14H2,1H3. The summed E-state index contributed by atoms with van der Waals surface area (Å²) in [5.74, 6) is 0.659. The Balaban J connectivity index is 1.79. The number of oxazole rings is 1. The largest absolute Gasteiger partial charge is 0.494 e. The summed E-state index contributed by atoms with van der Waals surface area (Å²) < 4.78 is 51.1. The minimum atomic E-state index is -3.97. The van der Waals surface area contributed by atoms with Gasteiger partial charge >= 0.3 is 0 Å². The van der Waals surface area contributed by atoms with Gasteiger partial charge in [-0.15, -0.1) is 0 Å². The fourth-order valence-electron chi connectivity index (χ4n) is 3.30. The predicted octanol–water partition coefficient (Wildman–Crippen LogP) is 4.31. The molecule has 8 heteroatoms. The van der Waals surface area contributed by atoms with E-state index in [1.807, 2.05) is 11.8 Å². The van der Waals surface area contributed by atoms with Crippen LogP contribution in [0.3, 0.4) is 0 Å². The number of ether oxygens (including phenoxy) is 1. The molecule has 1 aliphatic heterocycles. The molecule has 0 saturated carbocycles. The van der Waals surface area contributed by atoms with Gasteiger partial charge in [-0.05, 0) is 68.3 Å². The molecule has 2 aromatic carbocycles. The molecule has 0 bridgehead atoms. The van der Waals surface area contributed by atoms with Crippen molar-refractivity contribution >= 4 is 15.7 Å². The molecule has 1 aliphatic rings. The molecule has 0 radical (unpaired) electrons. The fourth-order valence-corrected chi connectivity index (χ4v) is 4.62. The van der Waals surface area contributed by atoms with E-state index in [1.165, 1.54) is 12.1 Å². The highest BCUT2D eigenvalue weighted by Crippen LogP contribution is 2.36. The molecular weight excluding hydrogens is 395 g/mol. The van der Waals surface area contributed by atoms with Gasteiger partial charge in [0.25, 0.3) is 0 Å². The second-order valence-electron chi connectivity index (χ2n) is 6.74. The monoisotopic (exact) mass is 416 g/mol.